The Morgan fingerprint density at radius 3 is 2.71 bits per heavy atom. The first kappa shape index (κ1) is 16.5. The largest absolute Gasteiger partial charge is 0.358 e. The summed E-state index contributed by atoms with van der Waals surface area (Å²) in [6.07, 6.45) is 5.96. The third-order valence-corrected chi connectivity index (χ3v) is 4.31. The van der Waals surface area contributed by atoms with Crippen LogP contribution in [0.5, 0.6) is 0 Å². The zero-order valence-electron chi connectivity index (χ0n) is 13.8. The molecule has 1 unspecified atom stereocenters. The first-order valence-corrected chi connectivity index (χ1v) is 8.43. The highest BCUT2D eigenvalue weighted by Crippen LogP contribution is 2.31. The molecule has 5 heteroatoms. The number of rotatable bonds is 8. The van der Waals surface area contributed by atoms with Gasteiger partial charge in [-0.05, 0) is 42.5 Å². The van der Waals surface area contributed by atoms with Gasteiger partial charge in [-0.2, -0.15) is 0 Å². The third kappa shape index (κ3) is 4.80. The van der Waals surface area contributed by atoms with Gasteiger partial charge in [0.05, 0.1) is 6.54 Å². The molecule has 1 atom stereocenters. The van der Waals surface area contributed by atoms with Crippen LogP contribution in [0.2, 0.25) is 0 Å². The number of amides is 1. The van der Waals surface area contributed by atoms with Gasteiger partial charge >= 0.3 is 0 Å². The molecule has 0 radical (unpaired) electrons. The van der Waals surface area contributed by atoms with Crippen LogP contribution in [0.3, 0.4) is 0 Å². The van der Waals surface area contributed by atoms with Gasteiger partial charge in [0.2, 0.25) is 5.91 Å². The molecule has 0 spiro atoms. The molecule has 0 aliphatic heterocycles. The molecule has 2 aromatic rings. The number of nitrogens with zero attached hydrogens (tertiary/aromatic N) is 2. The fourth-order valence-electron chi connectivity index (χ4n) is 2.74. The lowest BCUT2D eigenvalue weighted by atomic mass is 10.2. The molecular formula is C19H24N4O. The molecule has 1 heterocycles. The van der Waals surface area contributed by atoms with Crippen molar-refractivity contribution >= 4 is 11.6 Å². The Hall–Kier alpha value is -2.40. The predicted molar refractivity (Wildman–Crippen MR) is 95.4 cm³/mol. The van der Waals surface area contributed by atoms with Gasteiger partial charge in [0.25, 0.3) is 0 Å². The van der Waals surface area contributed by atoms with Gasteiger partial charge in [0.1, 0.15) is 0 Å². The second-order valence-electron chi connectivity index (χ2n) is 6.36. The van der Waals surface area contributed by atoms with Gasteiger partial charge in [-0.1, -0.05) is 24.3 Å². The van der Waals surface area contributed by atoms with Gasteiger partial charge in [-0.15, -0.1) is 0 Å². The molecule has 1 aliphatic carbocycles. The summed E-state index contributed by atoms with van der Waals surface area (Å²) >= 11 is 0. The molecule has 1 aromatic heterocycles. The Bertz CT molecular complexity index is 643. The number of benzene rings is 1. The van der Waals surface area contributed by atoms with E-state index in [1.54, 1.807) is 6.20 Å². The average Bonchev–Trinajstić information content (AvgIpc) is 3.46. The Morgan fingerprint density at radius 1 is 1.25 bits per heavy atom. The highest BCUT2D eigenvalue weighted by atomic mass is 16.2. The summed E-state index contributed by atoms with van der Waals surface area (Å²) < 4.78 is 0. The zero-order chi connectivity index (χ0) is 16.8. The minimum absolute atomic E-state index is 0.00107. The van der Waals surface area contributed by atoms with E-state index in [-0.39, 0.29) is 11.9 Å². The van der Waals surface area contributed by atoms with Gasteiger partial charge in [0, 0.05) is 37.2 Å². The molecule has 24 heavy (non-hydrogen) atoms. The van der Waals surface area contributed by atoms with Crippen LogP contribution in [0.4, 0.5) is 5.69 Å². The zero-order valence-corrected chi connectivity index (χ0v) is 13.8. The topological polar surface area (TPSA) is 71.2 Å². The lowest BCUT2D eigenvalue weighted by molar-refractivity contribution is -0.119. The summed E-state index contributed by atoms with van der Waals surface area (Å²) in [5, 5.41) is 2.97. The van der Waals surface area contributed by atoms with Crippen LogP contribution in [-0.2, 0) is 11.3 Å². The molecule has 3 N–H and O–H groups in total. The highest BCUT2D eigenvalue weighted by molar-refractivity contribution is 5.81. The fraction of sp³-hybridized carbons (Fsp3) is 0.368. The second kappa shape index (κ2) is 7.93. The minimum atomic E-state index is -0.00107. The molecular weight excluding hydrogens is 300 g/mol. The summed E-state index contributed by atoms with van der Waals surface area (Å²) in [5.74, 6) is 0.588. The number of carbonyl (C=O) groups is 1. The maximum atomic E-state index is 12.3. The van der Waals surface area contributed by atoms with E-state index in [1.165, 1.54) is 12.8 Å². The monoisotopic (exact) mass is 324 g/mol. The molecule has 1 aromatic carbocycles. The van der Waals surface area contributed by atoms with E-state index in [9.17, 15) is 4.79 Å². The molecule has 3 rings (SSSR count). The van der Waals surface area contributed by atoms with Crippen molar-refractivity contribution in [3.63, 3.8) is 0 Å². The number of hydrogen-bond donors (Lipinski definition) is 2. The van der Waals surface area contributed by atoms with Crippen molar-refractivity contribution in [1.82, 2.24) is 10.3 Å². The van der Waals surface area contributed by atoms with Crippen LogP contribution < -0.4 is 16.0 Å². The maximum Gasteiger partial charge on any atom is 0.239 e. The Morgan fingerprint density at radius 2 is 2.04 bits per heavy atom. The standard InChI is InChI=1S/C19H24N4O/c20-18(16-8-9-16)12-22-19(24)14-23(17-6-2-1-3-7-17)13-15-5-4-10-21-11-15/h1-7,10-11,16,18H,8-9,12-14,20H2,(H,22,24). The molecule has 1 saturated carbocycles. The van der Waals surface area contributed by atoms with Crippen molar-refractivity contribution in [3.05, 3.63) is 60.4 Å². The fourth-order valence-corrected chi connectivity index (χ4v) is 2.74. The van der Waals surface area contributed by atoms with Crippen LogP contribution in [-0.4, -0.2) is 30.0 Å². The van der Waals surface area contributed by atoms with Crippen molar-refractivity contribution < 1.29 is 4.79 Å². The Balaban J connectivity index is 1.62. The minimum Gasteiger partial charge on any atom is -0.358 e. The van der Waals surface area contributed by atoms with Crippen molar-refractivity contribution in [1.29, 1.82) is 0 Å². The molecule has 1 aliphatic rings. The Labute approximate surface area is 142 Å². The molecule has 5 nitrogen and oxygen atoms in total. The van der Waals surface area contributed by atoms with Crippen LogP contribution in [0.1, 0.15) is 18.4 Å². The van der Waals surface area contributed by atoms with E-state index in [2.05, 4.69) is 15.2 Å². The highest BCUT2D eigenvalue weighted by Gasteiger charge is 2.28. The third-order valence-electron chi connectivity index (χ3n) is 4.31. The van der Waals surface area contributed by atoms with Gasteiger partial charge in [-0.25, -0.2) is 0 Å². The number of carbonyl (C=O) groups excluding carboxylic acids is 1. The Kier molecular flexibility index (Phi) is 5.43. The number of nitrogens with two attached hydrogens (primary N) is 1. The number of aromatic nitrogens is 1. The smallest absolute Gasteiger partial charge is 0.239 e. The quantitative estimate of drug-likeness (QED) is 0.778. The number of anilines is 1. The number of pyridine rings is 1. The molecule has 1 amide bonds. The van der Waals surface area contributed by atoms with E-state index < -0.39 is 0 Å². The summed E-state index contributed by atoms with van der Waals surface area (Å²) in [6, 6.07) is 14.0. The van der Waals surface area contributed by atoms with Gasteiger partial charge in [-0.3, -0.25) is 9.78 Å². The van der Waals surface area contributed by atoms with Crippen molar-refractivity contribution in [3.8, 4) is 0 Å². The first-order valence-electron chi connectivity index (χ1n) is 8.43. The molecule has 0 saturated heterocycles. The van der Waals surface area contributed by atoms with Crippen molar-refractivity contribution in [2.75, 3.05) is 18.0 Å². The van der Waals surface area contributed by atoms with Gasteiger partial charge < -0.3 is 16.0 Å². The number of para-hydroxylation sites is 1. The van der Waals surface area contributed by atoms with Gasteiger partial charge in [0.15, 0.2) is 0 Å². The van der Waals surface area contributed by atoms with E-state index in [1.807, 2.05) is 48.7 Å². The normalized spacial score (nSPS) is 14.9. The predicted octanol–water partition coefficient (Wildman–Crippen LogP) is 1.94. The number of hydrogen-bond acceptors (Lipinski definition) is 4. The molecule has 0 bridgehead atoms. The van der Waals surface area contributed by atoms with E-state index in [4.69, 9.17) is 5.73 Å². The number of nitrogens with one attached hydrogen (secondary N) is 1. The summed E-state index contributed by atoms with van der Waals surface area (Å²) in [5.41, 5.74) is 8.15. The lowest BCUT2D eigenvalue weighted by Gasteiger charge is -2.24. The van der Waals surface area contributed by atoms with Crippen LogP contribution in [0, 0.1) is 5.92 Å². The summed E-state index contributed by atoms with van der Waals surface area (Å²) in [6.45, 7) is 1.50. The maximum absolute atomic E-state index is 12.3. The van der Waals surface area contributed by atoms with Crippen LogP contribution in [0.25, 0.3) is 0 Å². The van der Waals surface area contributed by atoms with E-state index in [0.29, 0.717) is 25.6 Å². The van der Waals surface area contributed by atoms with Crippen LogP contribution in [0.15, 0.2) is 54.9 Å². The van der Waals surface area contributed by atoms with Crippen molar-refractivity contribution in [2.45, 2.75) is 25.4 Å². The molecule has 126 valence electrons. The average molecular weight is 324 g/mol. The van der Waals surface area contributed by atoms with E-state index in [0.717, 1.165) is 11.3 Å². The van der Waals surface area contributed by atoms with Crippen molar-refractivity contribution in [2.24, 2.45) is 11.7 Å². The summed E-state index contributed by atoms with van der Waals surface area (Å²) in [4.78, 5) is 18.5. The molecule has 1 fully saturated rings. The summed E-state index contributed by atoms with van der Waals surface area (Å²) in [7, 11) is 0. The van der Waals surface area contributed by atoms with Crippen LogP contribution >= 0.6 is 0 Å². The first-order chi connectivity index (χ1) is 11.7. The second-order valence-corrected chi connectivity index (χ2v) is 6.36. The van der Waals surface area contributed by atoms with E-state index >= 15 is 0 Å². The lowest BCUT2D eigenvalue weighted by Crippen LogP contribution is -2.43. The SMILES string of the molecule is NC(CNC(=O)CN(Cc1cccnc1)c1ccccc1)C1CC1.